The molecule has 4 aliphatic heterocycles. The van der Waals surface area contributed by atoms with Crippen LogP contribution in [0.15, 0.2) is 10.6 Å². The quantitative estimate of drug-likeness (QED) is 0.193. The van der Waals surface area contributed by atoms with Gasteiger partial charge in [0.2, 0.25) is 11.8 Å². The van der Waals surface area contributed by atoms with Crippen molar-refractivity contribution in [2.75, 3.05) is 19.6 Å². The number of nitrogens with two attached hydrogens (primary N) is 2. The van der Waals surface area contributed by atoms with Crippen LogP contribution >= 0.6 is 11.8 Å². The second-order valence-electron chi connectivity index (χ2n) is 10.9. The molecule has 3 fully saturated rings. The van der Waals surface area contributed by atoms with Gasteiger partial charge >= 0.3 is 5.97 Å². The number of ketones is 1. The van der Waals surface area contributed by atoms with Gasteiger partial charge in [-0.1, -0.05) is 13.8 Å². The molecular weight excluding hydrogens is 536 g/mol. The summed E-state index contributed by atoms with van der Waals surface area (Å²) in [4.78, 5) is 53.7. The Hall–Kier alpha value is -2.04. The van der Waals surface area contributed by atoms with Crippen LogP contribution in [-0.4, -0.2) is 95.9 Å². The molecule has 1 unspecified atom stereocenters. The molecular formula is C23H36N6O7S2. The average Bonchev–Trinajstić information content (AvgIpc) is 3.47. The fraction of sp³-hybridized carbons (Fsp3) is 0.739. The number of carbonyl (C=O) groups excluding carboxylic acids is 3. The molecule has 0 saturated carbocycles. The minimum absolute atomic E-state index is 0.00167. The van der Waals surface area contributed by atoms with Crippen molar-refractivity contribution in [1.29, 1.82) is 0 Å². The number of likely N-dealkylation sites (tertiary alicyclic amines) is 1. The molecule has 0 bridgehead atoms. The Kier molecular flexibility index (Phi) is 8.27. The monoisotopic (exact) mass is 572 g/mol. The number of Topliss-reactive ketones (excluding diaryl/α,β-unsaturated/α-hetero) is 1. The molecule has 38 heavy (non-hydrogen) atoms. The van der Waals surface area contributed by atoms with Crippen LogP contribution in [0, 0.1) is 17.8 Å². The number of nitrogens with zero attached hydrogens (tertiary/aromatic N) is 2. The number of carbonyl (C=O) groups is 4. The molecule has 2 amide bonds. The van der Waals surface area contributed by atoms with Crippen LogP contribution in [0.25, 0.3) is 0 Å². The molecule has 15 heteroatoms. The number of rotatable bonds is 10. The zero-order chi connectivity index (χ0) is 28.1. The van der Waals surface area contributed by atoms with Gasteiger partial charge in [0.1, 0.15) is 11.5 Å². The first-order valence-corrected chi connectivity index (χ1v) is 15.2. The van der Waals surface area contributed by atoms with Crippen molar-refractivity contribution in [2.24, 2.45) is 28.6 Å². The number of aliphatic carboxylic acids is 1. The van der Waals surface area contributed by atoms with E-state index in [1.54, 1.807) is 4.90 Å². The van der Waals surface area contributed by atoms with E-state index in [2.05, 4.69) is 10.0 Å². The average molecular weight is 573 g/mol. The lowest BCUT2D eigenvalue weighted by Gasteiger charge is -2.47. The van der Waals surface area contributed by atoms with E-state index in [9.17, 15) is 32.7 Å². The SMILES string of the molecule is CC(=O)C[C@H](C)[C@H]1C(=O)N2C(C(=O)O)=C(SC3CN[C@H](C(=O)N4C[C@@H](N)C[C@H]4CNS(N)(=O)=O)C3)[C@H](C)[C@H]12. The zero-order valence-corrected chi connectivity index (χ0v) is 23.3. The van der Waals surface area contributed by atoms with Crippen LogP contribution in [0.5, 0.6) is 0 Å². The molecule has 0 spiro atoms. The summed E-state index contributed by atoms with van der Waals surface area (Å²) in [5, 5.41) is 18.1. The third kappa shape index (κ3) is 5.63. The number of nitrogens with one attached hydrogen (secondary N) is 2. The fourth-order valence-corrected chi connectivity index (χ4v) is 8.24. The number of thioether (sulfide) groups is 1. The second-order valence-corrected chi connectivity index (χ2v) is 13.6. The molecule has 0 radical (unpaired) electrons. The summed E-state index contributed by atoms with van der Waals surface area (Å²) in [6.07, 6.45) is 1.15. The summed E-state index contributed by atoms with van der Waals surface area (Å²) < 4.78 is 24.9. The summed E-state index contributed by atoms with van der Waals surface area (Å²) in [6.45, 7) is 5.99. The molecule has 4 aliphatic rings. The Morgan fingerprint density at radius 2 is 1.97 bits per heavy atom. The van der Waals surface area contributed by atoms with E-state index < -0.39 is 34.2 Å². The van der Waals surface area contributed by atoms with Crippen molar-refractivity contribution in [3.63, 3.8) is 0 Å². The summed E-state index contributed by atoms with van der Waals surface area (Å²) in [5.41, 5.74) is 6.05. The second kappa shape index (κ2) is 10.8. The van der Waals surface area contributed by atoms with E-state index in [1.165, 1.54) is 23.6 Å². The summed E-state index contributed by atoms with van der Waals surface area (Å²) in [5.74, 6) is -2.41. The molecule has 4 rings (SSSR count). The number of carboxylic acid groups (broad SMARTS) is 1. The number of amides is 2. The van der Waals surface area contributed by atoms with Gasteiger partial charge in [-0.05, 0) is 25.7 Å². The van der Waals surface area contributed by atoms with E-state index in [1.807, 2.05) is 13.8 Å². The van der Waals surface area contributed by atoms with Crippen molar-refractivity contribution in [1.82, 2.24) is 19.8 Å². The highest BCUT2D eigenvalue weighted by Gasteiger charge is 2.60. The summed E-state index contributed by atoms with van der Waals surface area (Å²) >= 11 is 1.39. The summed E-state index contributed by atoms with van der Waals surface area (Å²) in [7, 11) is -3.91. The molecule has 0 aromatic heterocycles. The van der Waals surface area contributed by atoms with E-state index in [-0.39, 0.29) is 65.4 Å². The van der Waals surface area contributed by atoms with Crippen molar-refractivity contribution in [3.05, 3.63) is 10.6 Å². The Morgan fingerprint density at radius 1 is 1.29 bits per heavy atom. The molecule has 0 aliphatic carbocycles. The van der Waals surface area contributed by atoms with Crippen LogP contribution < -0.4 is 20.9 Å². The fourth-order valence-electron chi connectivity index (χ4n) is 6.34. The topological polar surface area (TPSA) is 205 Å². The van der Waals surface area contributed by atoms with Crippen molar-refractivity contribution in [3.8, 4) is 0 Å². The predicted molar refractivity (Wildman–Crippen MR) is 139 cm³/mol. The molecule has 3 saturated heterocycles. The number of β-lactam (4-membered cyclic amide) rings is 1. The van der Waals surface area contributed by atoms with Gasteiger partial charge < -0.3 is 30.8 Å². The van der Waals surface area contributed by atoms with Gasteiger partial charge in [-0.3, -0.25) is 9.59 Å². The van der Waals surface area contributed by atoms with Crippen LogP contribution in [0.1, 0.15) is 40.0 Å². The van der Waals surface area contributed by atoms with Crippen molar-refractivity contribution >= 4 is 45.5 Å². The van der Waals surface area contributed by atoms with Crippen LogP contribution in [0.2, 0.25) is 0 Å². The van der Waals surface area contributed by atoms with E-state index in [4.69, 9.17) is 10.9 Å². The number of carboxylic acids is 1. The highest BCUT2D eigenvalue weighted by atomic mass is 32.2. The maximum absolute atomic E-state index is 13.3. The normalized spacial score (nSPS) is 33.9. The van der Waals surface area contributed by atoms with Gasteiger partial charge in [0.05, 0.1) is 18.0 Å². The third-order valence-electron chi connectivity index (χ3n) is 7.95. The molecule has 8 atom stereocenters. The molecule has 0 aromatic rings. The number of hydrogen-bond acceptors (Lipinski definition) is 9. The van der Waals surface area contributed by atoms with Crippen molar-refractivity contribution < 1.29 is 32.7 Å². The van der Waals surface area contributed by atoms with E-state index in [0.717, 1.165) is 0 Å². The molecule has 212 valence electrons. The van der Waals surface area contributed by atoms with Crippen LogP contribution in [0.3, 0.4) is 0 Å². The molecule has 7 N–H and O–H groups in total. The van der Waals surface area contributed by atoms with Crippen LogP contribution in [0.4, 0.5) is 0 Å². The number of fused-ring (bicyclic) bond motifs is 1. The van der Waals surface area contributed by atoms with Gasteiger partial charge in [0.15, 0.2) is 0 Å². The Morgan fingerprint density at radius 3 is 2.58 bits per heavy atom. The standard InChI is InChI=1S/C23H36N6O7S2/c1-10(4-11(2)30)17-18-12(3)20(19(23(33)34)29(18)22(17)32)37-15-6-16(26-8-15)21(31)28-9-13(24)5-14(28)7-27-38(25,35)36/h10,12-18,26-27H,4-9,24H2,1-3H3,(H,33,34)(H2,25,35,36)/t10-,12+,13-,14-,15?,16-,17+,18+/m0/s1. The minimum atomic E-state index is -3.91. The van der Waals surface area contributed by atoms with E-state index in [0.29, 0.717) is 30.8 Å². The highest BCUT2D eigenvalue weighted by Crippen LogP contribution is 2.53. The Bertz CT molecular complexity index is 1160. The highest BCUT2D eigenvalue weighted by molar-refractivity contribution is 8.03. The lowest BCUT2D eigenvalue weighted by molar-refractivity contribution is -0.160. The van der Waals surface area contributed by atoms with E-state index >= 15 is 0 Å². The number of hydrogen-bond donors (Lipinski definition) is 5. The zero-order valence-electron chi connectivity index (χ0n) is 21.6. The van der Waals surface area contributed by atoms with Crippen LogP contribution in [-0.2, 0) is 29.4 Å². The smallest absolute Gasteiger partial charge is 0.353 e. The maximum Gasteiger partial charge on any atom is 0.353 e. The first-order chi connectivity index (χ1) is 17.7. The molecule has 4 heterocycles. The lowest BCUT2D eigenvalue weighted by atomic mass is 9.73. The van der Waals surface area contributed by atoms with Gasteiger partial charge in [-0.2, -0.15) is 8.42 Å². The molecule has 13 nitrogen and oxygen atoms in total. The first kappa shape index (κ1) is 29.0. The summed E-state index contributed by atoms with van der Waals surface area (Å²) in [6, 6.07) is -1.51. The molecule has 0 aromatic carbocycles. The lowest BCUT2D eigenvalue weighted by Crippen LogP contribution is -2.62. The first-order valence-electron chi connectivity index (χ1n) is 12.7. The largest absolute Gasteiger partial charge is 0.477 e. The van der Waals surface area contributed by atoms with Gasteiger partial charge in [0.25, 0.3) is 10.2 Å². The minimum Gasteiger partial charge on any atom is -0.477 e. The van der Waals surface area contributed by atoms with Gasteiger partial charge in [-0.15, -0.1) is 11.8 Å². The Balaban J connectivity index is 1.43. The third-order valence-corrected chi connectivity index (χ3v) is 10.0. The van der Waals surface area contributed by atoms with Gasteiger partial charge in [-0.25, -0.2) is 14.7 Å². The Labute approximate surface area is 226 Å². The van der Waals surface area contributed by atoms with Gasteiger partial charge in [0, 0.05) is 54.2 Å². The maximum atomic E-state index is 13.3. The predicted octanol–water partition coefficient (Wildman–Crippen LogP) is -1.44. The van der Waals surface area contributed by atoms with Crippen molar-refractivity contribution in [2.45, 2.75) is 69.5 Å².